The third-order valence-corrected chi connectivity index (χ3v) is 5.85. The Labute approximate surface area is 193 Å². The molecule has 1 aliphatic heterocycles. The molecule has 174 valence electrons. The number of halogens is 1. The highest BCUT2D eigenvalue weighted by Gasteiger charge is 2.41. The van der Waals surface area contributed by atoms with Crippen LogP contribution in [-0.2, 0) is 23.0 Å². The van der Waals surface area contributed by atoms with Gasteiger partial charge in [0, 0.05) is 18.6 Å². The van der Waals surface area contributed by atoms with Crippen molar-refractivity contribution in [3.8, 4) is 5.75 Å². The van der Waals surface area contributed by atoms with Crippen molar-refractivity contribution in [3.05, 3.63) is 46.2 Å². The van der Waals surface area contributed by atoms with Crippen molar-refractivity contribution in [1.82, 2.24) is 14.7 Å². The second-order valence-electron chi connectivity index (χ2n) is 8.84. The third-order valence-electron chi connectivity index (χ3n) is 5.43. The number of aromatic nitrogens is 2. The van der Waals surface area contributed by atoms with Crippen molar-refractivity contribution in [2.45, 2.75) is 39.2 Å². The van der Waals surface area contributed by atoms with Gasteiger partial charge in [-0.1, -0.05) is 25.4 Å². The Balaban J connectivity index is 1.78. The van der Waals surface area contributed by atoms with Gasteiger partial charge in [0.1, 0.15) is 23.7 Å². The fourth-order valence-electron chi connectivity index (χ4n) is 3.91. The van der Waals surface area contributed by atoms with Gasteiger partial charge in [-0.3, -0.25) is 14.3 Å². The molecule has 9 heteroatoms. The van der Waals surface area contributed by atoms with Crippen LogP contribution in [0.25, 0.3) is 0 Å². The van der Waals surface area contributed by atoms with Crippen LogP contribution in [0, 0.1) is 12.8 Å². The quantitative estimate of drug-likeness (QED) is 0.650. The molecule has 1 fully saturated rings. The summed E-state index contributed by atoms with van der Waals surface area (Å²) in [5.74, 6) is 0.366. The van der Waals surface area contributed by atoms with Crippen LogP contribution in [0.5, 0.6) is 5.75 Å². The number of nitrogens with zero attached hydrogens (tertiary/aromatic N) is 3. The maximum absolute atomic E-state index is 13.3. The van der Waals surface area contributed by atoms with Crippen molar-refractivity contribution in [2.24, 2.45) is 18.7 Å². The number of ether oxygens (including phenoxy) is 2. The van der Waals surface area contributed by atoms with Gasteiger partial charge in [-0.2, -0.15) is 5.10 Å². The molecule has 1 saturated heterocycles. The number of amides is 2. The molecule has 0 saturated carbocycles. The van der Waals surface area contributed by atoms with E-state index in [2.05, 4.69) is 18.9 Å². The second-order valence-corrected chi connectivity index (χ2v) is 9.25. The molecule has 2 aromatic rings. The normalized spacial score (nSPS) is 18.8. The Bertz CT molecular complexity index is 990. The van der Waals surface area contributed by atoms with Crippen LogP contribution in [0.3, 0.4) is 0 Å². The van der Waals surface area contributed by atoms with Crippen molar-refractivity contribution >= 4 is 23.4 Å². The van der Waals surface area contributed by atoms with Crippen LogP contribution in [0.1, 0.15) is 42.0 Å². The number of morpholine rings is 1. The minimum absolute atomic E-state index is 0.0622. The van der Waals surface area contributed by atoms with Crippen LogP contribution in [0.15, 0.2) is 24.3 Å². The average molecular weight is 463 g/mol. The largest absolute Gasteiger partial charge is 0.490 e. The van der Waals surface area contributed by atoms with Crippen LogP contribution in [-0.4, -0.2) is 58.4 Å². The molecule has 1 aromatic heterocycles. The lowest BCUT2D eigenvalue weighted by atomic mass is 9.97. The zero-order valence-corrected chi connectivity index (χ0v) is 19.8. The predicted molar refractivity (Wildman–Crippen MR) is 122 cm³/mol. The monoisotopic (exact) mass is 462 g/mol. The Morgan fingerprint density at radius 1 is 1.34 bits per heavy atom. The smallest absolute Gasteiger partial charge is 0.272 e. The first-order chi connectivity index (χ1) is 15.1. The van der Waals surface area contributed by atoms with E-state index in [1.165, 1.54) is 0 Å². The highest BCUT2D eigenvalue weighted by molar-refractivity contribution is 6.31. The number of aryl methyl sites for hydroxylation is 2. The summed E-state index contributed by atoms with van der Waals surface area (Å²) in [4.78, 5) is 26.8. The summed E-state index contributed by atoms with van der Waals surface area (Å²) in [6.45, 7) is 7.05. The molecule has 3 rings (SSSR count). The van der Waals surface area contributed by atoms with E-state index < -0.39 is 11.5 Å². The summed E-state index contributed by atoms with van der Waals surface area (Å²) in [6.07, 6.45) is 0.734. The summed E-state index contributed by atoms with van der Waals surface area (Å²) >= 11 is 6.09. The zero-order valence-electron chi connectivity index (χ0n) is 19.1. The van der Waals surface area contributed by atoms with Crippen LogP contribution < -0.4 is 10.5 Å². The van der Waals surface area contributed by atoms with Gasteiger partial charge in [0.25, 0.3) is 5.91 Å². The van der Waals surface area contributed by atoms with Gasteiger partial charge in [-0.15, -0.1) is 0 Å². The van der Waals surface area contributed by atoms with Crippen molar-refractivity contribution < 1.29 is 19.1 Å². The van der Waals surface area contributed by atoms with Gasteiger partial charge in [-0.05, 0) is 49.1 Å². The maximum Gasteiger partial charge on any atom is 0.272 e. The van der Waals surface area contributed by atoms with E-state index in [0.717, 1.165) is 17.7 Å². The molecule has 0 spiro atoms. The van der Waals surface area contributed by atoms with Crippen molar-refractivity contribution in [1.29, 1.82) is 0 Å². The Morgan fingerprint density at radius 2 is 2.09 bits per heavy atom. The molecule has 1 atom stereocenters. The fourth-order valence-corrected chi connectivity index (χ4v) is 4.03. The van der Waals surface area contributed by atoms with Gasteiger partial charge < -0.3 is 20.1 Å². The molecule has 2 heterocycles. The molecule has 1 unspecified atom stereocenters. The van der Waals surface area contributed by atoms with E-state index in [1.54, 1.807) is 28.8 Å². The lowest BCUT2D eigenvalue weighted by Gasteiger charge is -2.41. The molecule has 1 aromatic carbocycles. The number of carbonyl (C=O) groups excluding carboxylic acids is 2. The topological polar surface area (TPSA) is 99.7 Å². The van der Waals surface area contributed by atoms with Crippen LogP contribution in [0.2, 0.25) is 5.02 Å². The number of nitrogens with two attached hydrogens (primary N) is 1. The minimum Gasteiger partial charge on any atom is -0.490 e. The SMILES string of the molecule is Cc1cc(OCC2(CC(N)=O)CN(C(=O)c3cc(CC(C)C)nn3C)CCO2)ccc1Cl. The molecular weight excluding hydrogens is 432 g/mol. The summed E-state index contributed by atoms with van der Waals surface area (Å²) in [7, 11) is 1.76. The molecule has 0 bridgehead atoms. The molecule has 0 radical (unpaired) electrons. The van der Waals surface area contributed by atoms with Gasteiger partial charge in [0.2, 0.25) is 5.91 Å². The number of hydrogen-bond acceptors (Lipinski definition) is 5. The number of hydrogen-bond donors (Lipinski definition) is 1. The van der Waals surface area contributed by atoms with E-state index in [0.29, 0.717) is 28.9 Å². The van der Waals surface area contributed by atoms with Gasteiger partial charge in [0.15, 0.2) is 0 Å². The van der Waals surface area contributed by atoms with Crippen molar-refractivity contribution in [2.75, 3.05) is 26.3 Å². The van der Waals surface area contributed by atoms with E-state index in [1.807, 2.05) is 19.1 Å². The number of benzene rings is 1. The Kier molecular flexibility index (Phi) is 7.46. The van der Waals surface area contributed by atoms with E-state index >= 15 is 0 Å². The summed E-state index contributed by atoms with van der Waals surface area (Å²) < 4.78 is 13.5. The van der Waals surface area contributed by atoms with Crippen LogP contribution >= 0.6 is 11.6 Å². The molecule has 32 heavy (non-hydrogen) atoms. The molecule has 1 aliphatic rings. The van der Waals surface area contributed by atoms with E-state index in [4.69, 9.17) is 26.8 Å². The Hall–Kier alpha value is -2.58. The highest BCUT2D eigenvalue weighted by Crippen LogP contribution is 2.27. The van der Waals surface area contributed by atoms with E-state index in [9.17, 15) is 9.59 Å². The molecule has 0 aliphatic carbocycles. The molecule has 2 amide bonds. The third kappa shape index (κ3) is 5.81. The number of carbonyl (C=O) groups is 2. The van der Waals surface area contributed by atoms with Gasteiger partial charge in [-0.25, -0.2) is 0 Å². The maximum atomic E-state index is 13.3. The van der Waals surface area contributed by atoms with E-state index in [-0.39, 0.29) is 32.1 Å². The van der Waals surface area contributed by atoms with Gasteiger partial charge >= 0.3 is 0 Å². The number of primary amides is 1. The lowest BCUT2D eigenvalue weighted by molar-refractivity contribution is -0.142. The fraction of sp³-hybridized carbons (Fsp3) is 0.522. The second kappa shape index (κ2) is 9.92. The average Bonchev–Trinajstić information content (AvgIpc) is 3.07. The number of rotatable bonds is 8. The molecule has 8 nitrogen and oxygen atoms in total. The Morgan fingerprint density at radius 3 is 2.75 bits per heavy atom. The van der Waals surface area contributed by atoms with Gasteiger partial charge in [0.05, 0.1) is 25.3 Å². The first-order valence-electron chi connectivity index (χ1n) is 10.7. The summed E-state index contributed by atoms with van der Waals surface area (Å²) in [6, 6.07) is 7.16. The molecule has 2 N–H and O–H groups in total. The first kappa shape index (κ1) is 24.1. The molecular formula is C23H31ClN4O4. The zero-order chi connectivity index (χ0) is 23.5. The predicted octanol–water partition coefficient (Wildman–Crippen LogP) is 2.75. The summed E-state index contributed by atoms with van der Waals surface area (Å²) in [5.41, 5.74) is 6.74. The minimum atomic E-state index is -1.04. The summed E-state index contributed by atoms with van der Waals surface area (Å²) in [5, 5.41) is 5.11. The standard InChI is InChI=1S/C23H31ClN4O4/c1-15(2)9-17-11-20(27(4)26-17)22(30)28-7-8-32-23(13-28,12-21(25)29)14-31-18-5-6-19(24)16(3)10-18/h5-6,10-11,15H,7-9,12-14H2,1-4H3,(H2,25,29). The van der Waals surface area contributed by atoms with Crippen molar-refractivity contribution in [3.63, 3.8) is 0 Å². The highest BCUT2D eigenvalue weighted by atomic mass is 35.5. The first-order valence-corrected chi connectivity index (χ1v) is 11.1. The lowest BCUT2D eigenvalue weighted by Crippen LogP contribution is -2.58. The van der Waals surface area contributed by atoms with Crippen LogP contribution in [0.4, 0.5) is 0 Å².